The Morgan fingerprint density at radius 2 is 1.78 bits per heavy atom. The molecule has 1 aromatic heterocycles. The van der Waals surface area contributed by atoms with E-state index >= 15 is 0 Å². The third kappa shape index (κ3) is 3.08. The summed E-state index contributed by atoms with van der Waals surface area (Å²) in [5.41, 5.74) is 4.30. The van der Waals surface area contributed by atoms with Gasteiger partial charge in [-0.3, -0.25) is 9.56 Å². The van der Waals surface area contributed by atoms with Crippen LogP contribution in [0.15, 0.2) is 58.0 Å². The lowest BCUT2D eigenvalue weighted by molar-refractivity contribution is 0.791. The molecule has 0 N–H and O–H groups in total. The van der Waals surface area contributed by atoms with Gasteiger partial charge in [-0.05, 0) is 18.2 Å². The molecule has 5 rings (SSSR count). The van der Waals surface area contributed by atoms with Gasteiger partial charge in [-0.2, -0.15) is 11.8 Å². The largest absolute Gasteiger partial charge is 0.339 e. The van der Waals surface area contributed by atoms with Crippen molar-refractivity contribution in [1.82, 2.24) is 14.8 Å². The topological polar surface area (TPSA) is 46.3 Å². The summed E-state index contributed by atoms with van der Waals surface area (Å²) < 4.78 is 3.23. The SMILES string of the molecule is Brc1ccc2c(c1)C(c1ccccc1)=NCc1nnc(N3CCSCC3)n1-2. The van der Waals surface area contributed by atoms with E-state index in [-0.39, 0.29) is 0 Å². The molecule has 2 aliphatic heterocycles. The molecule has 2 aromatic carbocycles. The second kappa shape index (κ2) is 7.13. The van der Waals surface area contributed by atoms with Crippen LogP contribution in [0.1, 0.15) is 17.0 Å². The molecule has 2 aliphatic rings. The van der Waals surface area contributed by atoms with Crippen LogP contribution in [0.5, 0.6) is 0 Å². The van der Waals surface area contributed by atoms with Crippen LogP contribution in [0.3, 0.4) is 0 Å². The van der Waals surface area contributed by atoms with Crippen molar-refractivity contribution >= 4 is 39.4 Å². The van der Waals surface area contributed by atoms with Gasteiger partial charge in [-0.1, -0.05) is 46.3 Å². The van der Waals surface area contributed by atoms with Crippen LogP contribution < -0.4 is 4.90 Å². The van der Waals surface area contributed by atoms with Gasteiger partial charge in [0.05, 0.1) is 11.4 Å². The Labute approximate surface area is 170 Å². The first-order valence-corrected chi connectivity index (χ1v) is 10.9. The number of nitrogens with zero attached hydrogens (tertiary/aromatic N) is 5. The minimum absolute atomic E-state index is 0.520. The zero-order valence-corrected chi connectivity index (χ0v) is 17.1. The van der Waals surface area contributed by atoms with E-state index in [9.17, 15) is 0 Å². The van der Waals surface area contributed by atoms with Crippen molar-refractivity contribution in [3.63, 3.8) is 0 Å². The highest BCUT2D eigenvalue weighted by atomic mass is 79.9. The molecular weight excluding hydrogens is 422 g/mol. The molecule has 0 amide bonds. The van der Waals surface area contributed by atoms with Crippen molar-refractivity contribution in [2.24, 2.45) is 4.99 Å². The predicted octanol–water partition coefficient (Wildman–Crippen LogP) is 3.93. The van der Waals surface area contributed by atoms with E-state index in [4.69, 9.17) is 4.99 Å². The molecular formula is C20H18BrN5S. The van der Waals surface area contributed by atoms with Gasteiger partial charge in [0.2, 0.25) is 5.95 Å². The molecule has 3 aromatic rings. The van der Waals surface area contributed by atoms with Crippen molar-refractivity contribution in [3.8, 4) is 5.69 Å². The van der Waals surface area contributed by atoms with Crippen LogP contribution in [-0.2, 0) is 6.54 Å². The van der Waals surface area contributed by atoms with Crippen LogP contribution in [0, 0.1) is 0 Å². The predicted molar refractivity (Wildman–Crippen MR) is 114 cm³/mol. The molecule has 1 fully saturated rings. The van der Waals surface area contributed by atoms with Crippen LogP contribution in [-0.4, -0.2) is 45.1 Å². The highest BCUT2D eigenvalue weighted by Gasteiger charge is 2.26. The zero-order valence-electron chi connectivity index (χ0n) is 14.7. The molecule has 7 heteroatoms. The van der Waals surface area contributed by atoms with Gasteiger partial charge in [-0.25, -0.2) is 0 Å². The maximum atomic E-state index is 4.93. The van der Waals surface area contributed by atoms with Crippen molar-refractivity contribution in [2.75, 3.05) is 29.5 Å². The first-order chi connectivity index (χ1) is 13.3. The average molecular weight is 440 g/mol. The molecule has 5 nitrogen and oxygen atoms in total. The number of aromatic nitrogens is 3. The zero-order chi connectivity index (χ0) is 18.2. The number of aliphatic imine (C=N–C) groups is 1. The van der Waals surface area contributed by atoms with Gasteiger partial charge < -0.3 is 4.90 Å². The molecule has 0 bridgehead atoms. The molecule has 0 saturated carbocycles. The lowest BCUT2D eigenvalue weighted by Gasteiger charge is -2.27. The van der Waals surface area contributed by atoms with Crippen molar-refractivity contribution in [2.45, 2.75) is 6.54 Å². The summed E-state index contributed by atoms with van der Waals surface area (Å²) in [6, 6.07) is 16.7. The van der Waals surface area contributed by atoms with Gasteiger partial charge in [0.25, 0.3) is 0 Å². The third-order valence-corrected chi connectivity index (χ3v) is 6.32. The summed E-state index contributed by atoms with van der Waals surface area (Å²) in [5.74, 6) is 4.07. The summed E-state index contributed by atoms with van der Waals surface area (Å²) in [6.07, 6.45) is 0. The lowest BCUT2D eigenvalue weighted by atomic mass is 10.0. The number of hydrogen-bond donors (Lipinski definition) is 0. The maximum absolute atomic E-state index is 4.93. The Morgan fingerprint density at radius 1 is 0.963 bits per heavy atom. The second-order valence-corrected chi connectivity index (χ2v) is 8.68. The molecule has 0 aliphatic carbocycles. The van der Waals surface area contributed by atoms with Gasteiger partial charge >= 0.3 is 0 Å². The number of anilines is 1. The number of halogens is 1. The van der Waals surface area contributed by atoms with Crippen molar-refractivity contribution in [3.05, 3.63) is 70.0 Å². The van der Waals surface area contributed by atoms with Gasteiger partial charge in [0.1, 0.15) is 6.54 Å². The number of benzene rings is 2. The molecule has 0 radical (unpaired) electrons. The van der Waals surface area contributed by atoms with Crippen molar-refractivity contribution < 1.29 is 0 Å². The Bertz CT molecular complexity index is 1010. The van der Waals surface area contributed by atoms with Crippen LogP contribution in [0.25, 0.3) is 5.69 Å². The average Bonchev–Trinajstić information content (AvgIpc) is 3.07. The summed E-state index contributed by atoms with van der Waals surface area (Å²) >= 11 is 5.63. The summed E-state index contributed by atoms with van der Waals surface area (Å²) in [6.45, 7) is 2.52. The summed E-state index contributed by atoms with van der Waals surface area (Å²) in [4.78, 5) is 7.27. The van der Waals surface area contributed by atoms with Crippen molar-refractivity contribution in [1.29, 1.82) is 0 Å². The smallest absolute Gasteiger partial charge is 0.232 e. The maximum Gasteiger partial charge on any atom is 0.232 e. The van der Waals surface area contributed by atoms with E-state index in [2.05, 4.69) is 78.1 Å². The second-order valence-electron chi connectivity index (χ2n) is 6.54. The van der Waals surface area contributed by atoms with E-state index in [1.165, 1.54) is 0 Å². The molecule has 136 valence electrons. The lowest BCUT2D eigenvalue weighted by Crippen LogP contribution is -2.34. The number of fused-ring (bicyclic) bond motifs is 3. The fourth-order valence-electron chi connectivity index (χ4n) is 3.60. The standard InChI is InChI=1S/C20H18BrN5S/c21-15-6-7-17-16(12-15)19(14-4-2-1-3-5-14)22-13-18-23-24-20(26(17)18)25-8-10-27-11-9-25/h1-7,12H,8-11,13H2. The summed E-state index contributed by atoms with van der Waals surface area (Å²) in [7, 11) is 0. The van der Waals surface area contributed by atoms with Gasteiger partial charge in [0.15, 0.2) is 5.82 Å². The Morgan fingerprint density at radius 3 is 2.59 bits per heavy atom. The first-order valence-electron chi connectivity index (χ1n) is 8.98. The van der Waals surface area contributed by atoms with Crippen LogP contribution in [0.4, 0.5) is 5.95 Å². The number of thioether (sulfide) groups is 1. The van der Waals surface area contributed by atoms with Gasteiger partial charge in [-0.15, -0.1) is 10.2 Å². The van der Waals surface area contributed by atoms with E-state index in [1.807, 2.05) is 17.8 Å². The highest BCUT2D eigenvalue weighted by molar-refractivity contribution is 9.10. The molecule has 0 spiro atoms. The quantitative estimate of drug-likeness (QED) is 0.606. The summed E-state index contributed by atoms with van der Waals surface area (Å²) in [5, 5.41) is 9.02. The van der Waals surface area contributed by atoms with E-state index in [0.717, 1.165) is 63.4 Å². The van der Waals surface area contributed by atoms with Gasteiger partial charge in [0, 0.05) is 40.2 Å². The van der Waals surface area contributed by atoms with E-state index < -0.39 is 0 Å². The molecule has 27 heavy (non-hydrogen) atoms. The third-order valence-electron chi connectivity index (χ3n) is 4.89. The fourth-order valence-corrected chi connectivity index (χ4v) is 4.86. The molecule has 1 saturated heterocycles. The Hall–Kier alpha value is -2.12. The van der Waals surface area contributed by atoms with Crippen LogP contribution >= 0.6 is 27.7 Å². The van der Waals surface area contributed by atoms with E-state index in [1.54, 1.807) is 0 Å². The Kier molecular flexibility index (Phi) is 4.49. The molecule has 0 atom stereocenters. The highest BCUT2D eigenvalue weighted by Crippen LogP contribution is 2.31. The normalized spacial score (nSPS) is 16.3. The monoisotopic (exact) mass is 439 g/mol. The first kappa shape index (κ1) is 17.0. The number of hydrogen-bond acceptors (Lipinski definition) is 5. The van der Waals surface area contributed by atoms with Crippen LogP contribution in [0.2, 0.25) is 0 Å². The number of rotatable bonds is 2. The fraction of sp³-hybridized carbons (Fsp3) is 0.250. The van der Waals surface area contributed by atoms with E-state index in [0.29, 0.717) is 6.54 Å². The Balaban J connectivity index is 1.69. The molecule has 0 unspecified atom stereocenters. The molecule has 3 heterocycles. The minimum atomic E-state index is 0.520. The minimum Gasteiger partial charge on any atom is -0.339 e.